The van der Waals surface area contributed by atoms with Crippen molar-refractivity contribution in [1.29, 1.82) is 0 Å². The van der Waals surface area contributed by atoms with E-state index >= 15 is 0 Å². The Labute approximate surface area is 160 Å². The Kier molecular flexibility index (Phi) is 4.21. The maximum absolute atomic E-state index is 11.8. The van der Waals surface area contributed by atoms with Gasteiger partial charge in [-0.1, -0.05) is 42.5 Å². The maximum Gasteiger partial charge on any atom is 0.296 e. The minimum absolute atomic E-state index is 0.238. The number of anilines is 1. The van der Waals surface area contributed by atoms with Crippen LogP contribution in [0.2, 0.25) is 0 Å². The molecule has 0 saturated heterocycles. The molecule has 0 unspecified atom stereocenters. The molecule has 7 nitrogen and oxygen atoms in total. The Morgan fingerprint density at radius 2 is 1.54 bits per heavy atom. The minimum atomic E-state index is -4.65. The van der Waals surface area contributed by atoms with Crippen LogP contribution in [0.4, 0.5) is 17.1 Å². The average molecular weight is 393 g/mol. The van der Waals surface area contributed by atoms with Gasteiger partial charge < -0.3 is 10.8 Å². The number of benzene rings is 4. The van der Waals surface area contributed by atoms with Crippen LogP contribution < -0.4 is 5.73 Å². The molecular formula is C20H15N3O4S. The molecule has 0 aliphatic rings. The Balaban J connectivity index is 1.92. The highest BCUT2D eigenvalue weighted by Crippen LogP contribution is 2.43. The third-order valence-corrected chi connectivity index (χ3v) is 5.25. The summed E-state index contributed by atoms with van der Waals surface area (Å²) in [4.78, 5) is -0.548. The fourth-order valence-corrected chi connectivity index (χ4v) is 3.72. The van der Waals surface area contributed by atoms with Crippen LogP contribution in [0.5, 0.6) is 5.75 Å². The molecule has 140 valence electrons. The zero-order chi connectivity index (χ0) is 19.9. The first-order valence-electron chi connectivity index (χ1n) is 8.27. The SMILES string of the molecule is Nc1cccc2cc(S(=O)(=O)O)c(N=Nc3ccc4ccccc4c3)c(O)c12. The molecule has 0 aliphatic heterocycles. The summed E-state index contributed by atoms with van der Waals surface area (Å²) in [6, 6.07) is 19.0. The molecule has 0 spiro atoms. The number of phenolic OH excluding ortho intramolecular Hbond substituents is 1. The van der Waals surface area contributed by atoms with Crippen molar-refractivity contribution >= 4 is 48.7 Å². The third-order valence-electron chi connectivity index (χ3n) is 4.39. The molecule has 0 saturated carbocycles. The van der Waals surface area contributed by atoms with E-state index in [0.29, 0.717) is 11.1 Å². The van der Waals surface area contributed by atoms with Crippen LogP contribution in [0, 0.1) is 0 Å². The van der Waals surface area contributed by atoms with Crippen LogP contribution in [0.1, 0.15) is 0 Å². The number of aromatic hydroxyl groups is 1. The van der Waals surface area contributed by atoms with Crippen LogP contribution in [-0.2, 0) is 10.1 Å². The Hall–Kier alpha value is -3.49. The number of rotatable bonds is 3. The van der Waals surface area contributed by atoms with Crippen molar-refractivity contribution in [2.75, 3.05) is 5.73 Å². The molecule has 0 amide bonds. The van der Waals surface area contributed by atoms with Crippen molar-refractivity contribution in [3.05, 3.63) is 66.7 Å². The van der Waals surface area contributed by atoms with Crippen LogP contribution >= 0.6 is 0 Å². The average Bonchev–Trinajstić information content (AvgIpc) is 2.66. The Morgan fingerprint density at radius 1 is 0.821 bits per heavy atom. The lowest BCUT2D eigenvalue weighted by Gasteiger charge is -2.10. The quantitative estimate of drug-likeness (QED) is 0.258. The molecule has 4 aromatic rings. The van der Waals surface area contributed by atoms with Gasteiger partial charge in [0.25, 0.3) is 10.1 Å². The second-order valence-corrected chi connectivity index (χ2v) is 7.61. The van der Waals surface area contributed by atoms with Crippen molar-refractivity contribution in [1.82, 2.24) is 0 Å². The number of hydrogen-bond donors (Lipinski definition) is 3. The zero-order valence-corrected chi connectivity index (χ0v) is 15.3. The Morgan fingerprint density at radius 3 is 2.29 bits per heavy atom. The summed E-state index contributed by atoms with van der Waals surface area (Å²) in [6.07, 6.45) is 0. The molecular weight excluding hydrogens is 378 g/mol. The molecule has 0 radical (unpaired) electrons. The van der Waals surface area contributed by atoms with Crippen molar-refractivity contribution in [3.8, 4) is 5.75 Å². The van der Waals surface area contributed by atoms with Crippen molar-refractivity contribution < 1.29 is 18.1 Å². The van der Waals surface area contributed by atoms with Gasteiger partial charge in [0.05, 0.1) is 5.69 Å². The maximum atomic E-state index is 11.8. The van der Waals surface area contributed by atoms with Crippen LogP contribution in [0.3, 0.4) is 0 Å². The topological polar surface area (TPSA) is 125 Å². The second-order valence-electron chi connectivity index (χ2n) is 6.22. The highest BCUT2D eigenvalue weighted by molar-refractivity contribution is 7.86. The molecule has 0 aromatic heterocycles. The molecule has 0 aliphatic carbocycles. The van der Waals surface area contributed by atoms with Gasteiger partial charge in [-0.15, -0.1) is 5.11 Å². The Bertz CT molecular complexity index is 1370. The van der Waals surface area contributed by atoms with Crippen molar-refractivity contribution in [2.45, 2.75) is 4.90 Å². The van der Waals surface area contributed by atoms with Gasteiger partial charge in [0.15, 0.2) is 5.75 Å². The molecule has 0 atom stereocenters. The first-order valence-corrected chi connectivity index (χ1v) is 9.71. The molecule has 0 fully saturated rings. The third kappa shape index (κ3) is 3.15. The number of nitrogen functional groups attached to an aromatic ring is 1. The first kappa shape index (κ1) is 17.9. The smallest absolute Gasteiger partial charge is 0.296 e. The highest BCUT2D eigenvalue weighted by atomic mass is 32.2. The minimum Gasteiger partial charge on any atom is -0.505 e. The number of fused-ring (bicyclic) bond motifs is 2. The molecule has 4 rings (SSSR count). The van der Waals surface area contributed by atoms with E-state index in [1.807, 2.05) is 30.3 Å². The molecule has 4 aromatic carbocycles. The summed E-state index contributed by atoms with van der Waals surface area (Å²) >= 11 is 0. The van der Waals surface area contributed by atoms with Gasteiger partial charge in [-0.25, -0.2) is 0 Å². The summed E-state index contributed by atoms with van der Waals surface area (Å²) in [5.74, 6) is -0.465. The molecule has 0 bridgehead atoms. The van der Waals surface area contributed by atoms with Crippen LogP contribution in [-0.4, -0.2) is 18.1 Å². The van der Waals surface area contributed by atoms with Gasteiger partial charge in [0, 0.05) is 11.1 Å². The monoisotopic (exact) mass is 393 g/mol. The number of hydrogen-bond acceptors (Lipinski definition) is 6. The van der Waals surface area contributed by atoms with E-state index in [9.17, 15) is 18.1 Å². The largest absolute Gasteiger partial charge is 0.505 e. The highest BCUT2D eigenvalue weighted by Gasteiger charge is 2.22. The van der Waals surface area contributed by atoms with Crippen LogP contribution in [0.15, 0.2) is 81.9 Å². The molecule has 28 heavy (non-hydrogen) atoms. The molecule has 0 heterocycles. The van der Waals surface area contributed by atoms with Gasteiger partial charge in [-0.05, 0) is 40.4 Å². The second kappa shape index (κ2) is 6.59. The standard InChI is InChI=1S/C20H15N3O4S/c21-16-7-3-6-14-11-17(28(25,26)27)19(20(24)18(14)16)23-22-15-9-8-12-4-1-2-5-13(12)10-15/h1-11,24H,21H2,(H,25,26,27). The van der Waals surface area contributed by atoms with Gasteiger partial charge in [0.2, 0.25) is 0 Å². The fraction of sp³-hybridized carbons (Fsp3) is 0. The van der Waals surface area contributed by atoms with E-state index in [2.05, 4.69) is 10.2 Å². The normalized spacial score (nSPS) is 12.2. The first-order chi connectivity index (χ1) is 13.3. The van der Waals surface area contributed by atoms with Gasteiger partial charge in [-0.2, -0.15) is 13.5 Å². The van der Waals surface area contributed by atoms with E-state index in [0.717, 1.165) is 10.8 Å². The van der Waals surface area contributed by atoms with E-state index in [-0.39, 0.29) is 16.8 Å². The van der Waals surface area contributed by atoms with Crippen LogP contribution in [0.25, 0.3) is 21.5 Å². The molecule has 8 heteroatoms. The van der Waals surface area contributed by atoms with Crippen molar-refractivity contribution in [2.24, 2.45) is 10.2 Å². The van der Waals surface area contributed by atoms with Gasteiger partial charge in [0.1, 0.15) is 10.6 Å². The molecule has 4 N–H and O–H groups in total. The summed E-state index contributed by atoms with van der Waals surface area (Å²) in [5, 5.41) is 21.1. The predicted octanol–water partition coefficient (Wildman–Crippen LogP) is 4.94. The number of nitrogens with zero attached hydrogens (tertiary/aromatic N) is 2. The summed E-state index contributed by atoms with van der Waals surface area (Å²) < 4.78 is 33.3. The number of phenols is 1. The predicted molar refractivity (Wildman–Crippen MR) is 108 cm³/mol. The summed E-state index contributed by atoms with van der Waals surface area (Å²) in [7, 11) is -4.65. The van der Waals surface area contributed by atoms with E-state index in [4.69, 9.17) is 5.73 Å². The summed E-state index contributed by atoms with van der Waals surface area (Å²) in [6.45, 7) is 0. The zero-order valence-electron chi connectivity index (χ0n) is 14.4. The van der Waals surface area contributed by atoms with E-state index < -0.39 is 20.8 Å². The van der Waals surface area contributed by atoms with Gasteiger partial charge in [-0.3, -0.25) is 4.55 Å². The van der Waals surface area contributed by atoms with Crippen molar-refractivity contribution in [3.63, 3.8) is 0 Å². The number of nitrogens with two attached hydrogens (primary N) is 1. The van der Waals surface area contributed by atoms with Gasteiger partial charge >= 0.3 is 0 Å². The summed E-state index contributed by atoms with van der Waals surface area (Å²) in [5.41, 5.74) is 6.24. The van der Waals surface area contributed by atoms with E-state index in [1.165, 1.54) is 6.07 Å². The fourth-order valence-electron chi connectivity index (χ4n) is 3.07. The number of azo groups is 1. The van der Waals surface area contributed by atoms with E-state index in [1.54, 1.807) is 30.3 Å². The lowest BCUT2D eigenvalue weighted by atomic mass is 10.1. The lowest BCUT2D eigenvalue weighted by molar-refractivity contribution is 0.472. The lowest BCUT2D eigenvalue weighted by Crippen LogP contribution is -1.99.